The van der Waals surface area contributed by atoms with Crippen molar-refractivity contribution in [2.24, 2.45) is 5.92 Å². The summed E-state index contributed by atoms with van der Waals surface area (Å²) in [6, 6.07) is 0. The van der Waals surface area contributed by atoms with E-state index in [1.807, 2.05) is 0 Å². The van der Waals surface area contributed by atoms with Gasteiger partial charge in [0.1, 0.15) is 0 Å². The first kappa shape index (κ1) is 11.2. The van der Waals surface area contributed by atoms with Crippen molar-refractivity contribution >= 4 is 11.9 Å². The summed E-state index contributed by atoms with van der Waals surface area (Å²) in [7, 11) is 0. The third-order valence-corrected chi connectivity index (χ3v) is 2.06. The van der Waals surface area contributed by atoms with Crippen LogP contribution in [0.2, 0.25) is 0 Å². The van der Waals surface area contributed by atoms with Crippen molar-refractivity contribution in [1.29, 1.82) is 0 Å². The molecule has 15 heavy (non-hydrogen) atoms. The summed E-state index contributed by atoms with van der Waals surface area (Å²) >= 11 is 0. The number of aryl methyl sites for hydroxylation is 1. The molecular formula is C9H13N3O3. The Balaban J connectivity index is 2.51. The molecule has 1 heterocycles. The number of H-pyrrole nitrogens is 1. The second kappa shape index (κ2) is 4.59. The van der Waals surface area contributed by atoms with Crippen LogP contribution in [0.25, 0.3) is 0 Å². The minimum Gasteiger partial charge on any atom is -0.481 e. The van der Waals surface area contributed by atoms with Crippen LogP contribution in [0.5, 0.6) is 0 Å². The monoisotopic (exact) mass is 211 g/mol. The predicted molar refractivity (Wildman–Crippen MR) is 52.5 cm³/mol. The van der Waals surface area contributed by atoms with Gasteiger partial charge in [-0.05, 0) is 6.92 Å². The van der Waals surface area contributed by atoms with E-state index in [9.17, 15) is 9.59 Å². The number of hydrogen-bond donors (Lipinski definition) is 3. The molecule has 0 bridgehead atoms. The number of aliphatic carboxylic acids is 1. The van der Waals surface area contributed by atoms with Gasteiger partial charge in [-0.2, -0.15) is 5.10 Å². The number of amides is 1. The Kier molecular flexibility index (Phi) is 3.43. The van der Waals surface area contributed by atoms with E-state index < -0.39 is 11.9 Å². The van der Waals surface area contributed by atoms with E-state index >= 15 is 0 Å². The zero-order valence-electron chi connectivity index (χ0n) is 8.57. The Bertz CT molecular complexity index is 372. The van der Waals surface area contributed by atoms with Crippen LogP contribution in [-0.4, -0.2) is 33.7 Å². The first-order valence-electron chi connectivity index (χ1n) is 4.53. The minimum absolute atomic E-state index is 0.110. The molecule has 1 rings (SSSR count). The number of nitrogens with zero attached hydrogens (tertiary/aromatic N) is 1. The smallest absolute Gasteiger partial charge is 0.308 e. The maximum Gasteiger partial charge on any atom is 0.308 e. The number of aromatic amines is 1. The number of carboxylic acid groups (broad SMARTS) is 1. The minimum atomic E-state index is -0.931. The Morgan fingerprint density at radius 1 is 1.67 bits per heavy atom. The molecule has 1 aromatic rings. The molecule has 0 saturated heterocycles. The topological polar surface area (TPSA) is 95.1 Å². The lowest BCUT2D eigenvalue weighted by Gasteiger charge is -2.07. The summed E-state index contributed by atoms with van der Waals surface area (Å²) in [5.41, 5.74) is 1.10. The molecule has 0 fully saturated rings. The van der Waals surface area contributed by atoms with Gasteiger partial charge in [0, 0.05) is 12.2 Å². The molecule has 82 valence electrons. The Hall–Kier alpha value is -1.85. The van der Waals surface area contributed by atoms with Gasteiger partial charge in [-0.1, -0.05) is 6.92 Å². The maximum absolute atomic E-state index is 11.5. The van der Waals surface area contributed by atoms with E-state index in [1.54, 1.807) is 6.92 Å². The summed E-state index contributed by atoms with van der Waals surface area (Å²) < 4.78 is 0. The van der Waals surface area contributed by atoms with E-state index in [4.69, 9.17) is 5.11 Å². The van der Waals surface area contributed by atoms with Gasteiger partial charge in [0.15, 0.2) is 0 Å². The lowest BCUT2D eigenvalue weighted by Crippen LogP contribution is -2.31. The van der Waals surface area contributed by atoms with E-state index in [0.717, 1.165) is 0 Å². The van der Waals surface area contributed by atoms with Crippen LogP contribution in [0.15, 0.2) is 6.20 Å². The quantitative estimate of drug-likeness (QED) is 0.661. The molecule has 1 aromatic heterocycles. The zero-order valence-corrected chi connectivity index (χ0v) is 8.57. The molecule has 0 spiro atoms. The second-order valence-corrected chi connectivity index (χ2v) is 3.36. The molecule has 6 heteroatoms. The lowest BCUT2D eigenvalue weighted by molar-refractivity contribution is -0.140. The van der Waals surface area contributed by atoms with Gasteiger partial charge in [0.2, 0.25) is 0 Å². The van der Waals surface area contributed by atoms with Crippen molar-refractivity contribution in [2.45, 2.75) is 13.8 Å². The van der Waals surface area contributed by atoms with E-state index in [0.29, 0.717) is 11.3 Å². The highest BCUT2D eigenvalue weighted by atomic mass is 16.4. The highest BCUT2D eigenvalue weighted by Gasteiger charge is 2.14. The number of nitrogens with one attached hydrogen (secondary N) is 2. The molecule has 0 radical (unpaired) electrons. The van der Waals surface area contributed by atoms with Crippen molar-refractivity contribution < 1.29 is 14.7 Å². The number of rotatable bonds is 4. The largest absolute Gasteiger partial charge is 0.481 e. The third kappa shape index (κ3) is 2.80. The lowest BCUT2D eigenvalue weighted by atomic mass is 10.2. The fourth-order valence-corrected chi connectivity index (χ4v) is 1.01. The Morgan fingerprint density at radius 3 is 2.80 bits per heavy atom. The molecule has 1 atom stereocenters. The van der Waals surface area contributed by atoms with Gasteiger partial charge in [0.05, 0.1) is 17.7 Å². The molecule has 0 aliphatic carbocycles. The van der Waals surface area contributed by atoms with Gasteiger partial charge < -0.3 is 10.4 Å². The Labute approximate surface area is 86.7 Å². The van der Waals surface area contributed by atoms with Crippen molar-refractivity contribution in [3.8, 4) is 0 Å². The van der Waals surface area contributed by atoms with Crippen LogP contribution < -0.4 is 5.32 Å². The predicted octanol–water partition coefficient (Wildman–Crippen LogP) is 0.169. The van der Waals surface area contributed by atoms with Crippen LogP contribution in [0, 0.1) is 12.8 Å². The molecular weight excluding hydrogens is 198 g/mol. The number of carbonyl (C=O) groups excluding carboxylic acids is 1. The highest BCUT2D eigenvalue weighted by molar-refractivity contribution is 5.95. The molecule has 0 aromatic carbocycles. The molecule has 1 amide bonds. The highest BCUT2D eigenvalue weighted by Crippen LogP contribution is 2.02. The standard InChI is InChI=1S/C9H13N3O3/c1-5(9(14)15)3-10-8(13)7-4-11-12-6(7)2/h4-5H,3H2,1-2H3,(H,10,13)(H,11,12)(H,14,15). The van der Waals surface area contributed by atoms with Crippen molar-refractivity contribution in [1.82, 2.24) is 15.5 Å². The Morgan fingerprint density at radius 2 is 2.33 bits per heavy atom. The second-order valence-electron chi connectivity index (χ2n) is 3.36. The van der Waals surface area contributed by atoms with E-state index in [1.165, 1.54) is 13.1 Å². The van der Waals surface area contributed by atoms with Crippen LogP contribution in [0.1, 0.15) is 23.0 Å². The SMILES string of the molecule is Cc1[nH]ncc1C(=O)NCC(C)C(=O)O. The van der Waals surface area contributed by atoms with Crippen molar-refractivity contribution in [3.05, 3.63) is 17.5 Å². The fraction of sp³-hybridized carbons (Fsp3) is 0.444. The summed E-state index contributed by atoms with van der Waals surface area (Å²) in [6.07, 6.45) is 1.41. The van der Waals surface area contributed by atoms with E-state index in [2.05, 4.69) is 15.5 Å². The van der Waals surface area contributed by atoms with Gasteiger partial charge in [-0.15, -0.1) is 0 Å². The average molecular weight is 211 g/mol. The van der Waals surface area contributed by atoms with Crippen LogP contribution >= 0.6 is 0 Å². The first-order valence-corrected chi connectivity index (χ1v) is 4.53. The molecule has 6 nitrogen and oxygen atoms in total. The average Bonchev–Trinajstić information content (AvgIpc) is 2.60. The number of hydrogen-bond acceptors (Lipinski definition) is 3. The maximum atomic E-state index is 11.5. The number of carboxylic acids is 1. The van der Waals surface area contributed by atoms with Crippen LogP contribution in [0.3, 0.4) is 0 Å². The van der Waals surface area contributed by atoms with Crippen molar-refractivity contribution in [2.75, 3.05) is 6.54 Å². The van der Waals surface area contributed by atoms with Gasteiger partial charge >= 0.3 is 5.97 Å². The zero-order chi connectivity index (χ0) is 11.4. The van der Waals surface area contributed by atoms with E-state index in [-0.39, 0.29) is 12.5 Å². The summed E-state index contributed by atoms with van der Waals surface area (Å²) in [4.78, 5) is 22.0. The first-order chi connectivity index (χ1) is 7.02. The molecule has 0 aliphatic heterocycles. The fourth-order valence-electron chi connectivity index (χ4n) is 1.01. The summed E-state index contributed by atoms with van der Waals surface area (Å²) in [5.74, 6) is -1.84. The third-order valence-electron chi connectivity index (χ3n) is 2.06. The van der Waals surface area contributed by atoms with Gasteiger partial charge in [0.25, 0.3) is 5.91 Å². The molecule has 0 saturated carbocycles. The van der Waals surface area contributed by atoms with Crippen molar-refractivity contribution in [3.63, 3.8) is 0 Å². The van der Waals surface area contributed by atoms with Gasteiger partial charge in [-0.25, -0.2) is 0 Å². The summed E-state index contributed by atoms with van der Waals surface area (Å²) in [6.45, 7) is 3.37. The van der Waals surface area contributed by atoms with Gasteiger partial charge in [-0.3, -0.25) is 14.7 Å². The molecule has 1 unspecified atom stereocenters. The van der Waals surface area contributed by atoms with Crippen LogP contribution in [0.4, 0.5) is 0 Å². The van der Waals surface area contributed by atoms with Crippen LogP contribution in [-0.2, 0) is 4.79 Å². The molecule has 0 aliphatic rings. The summed E-state index contributed by atoms with van der Waals surface area (Å²) in [5, 5.41) is 17.5. The molecule has 3 N–H and O–H groups in total. The normalized spacial score (nSPS) is 12.1. The number of carbonyl (C=O) groups is 2. The number of aromatic nitrogens is 2.